The van der Waals surface area contributed by atoms with Gasteiger partial charge in [-0.1, -0.05) is 0 Å². The second-order valence-corrected chi connectivity index (χ2v) is 5.03. The van der Waals surface area contributed by atoms with Crippen molar-refractivity contribution in [1.82, 2.24) is 14.5 Å². The Morgan fingerprint density at radius 1 is 1.32 bits per heavy atom. The Kier molecular flexibility index (Phi) is 3.59. The number of amides is 1. The van der Waals surface area contributed by atoms with Gasteiger partial charge in [-0.3, -0.25) is 4.79 Å². The quantitative estimate of drug-likeness (QED) is 0.870. The molecule has 22 heavy (non-hydrogen) atoms. The van der Waals surface area contributed by atoms with Crippen LogP contribution in [0.25, 0.3) is 0 Å². The Labute approximate surface area is 125 Å². The first-order valence-corrected chi connectivity index (χ1v) is 6.77. The number of carbonyl (C=O) groups is 1. The molecule has 0 fully saturated rings. The van der Waals surface area contributed by atoms with Crippen molar-refractivity contribution in [3.05, 3.63) is 53.6 Å². The van der Waals surface area contributed by atoms with Crippen molar-refractivity contribution in [2.45, 2.75) is 19.0 Å². The summed E-state index contributed by atoms with van der Waals surface area (Å²) in [5, 5.41) is 9.26. The summed E-state index contributed by atoms with van der Waals surface area (Å²) in [5.41, 5.74) is -0.0942. The molecular weight excluding hydrogens is 290 g/mol. The highest BCUT2D eigenvalue weighted by atomic mass is 19.1. The number of aryl methyl sites for hydroxylation is 1. The standard InChI is InChI=1S/C15H12F2N4O/c16-10-6-11-14(12(17)7-10)13(8-18)21(15(11)22)4-1-3-20-5-2-19-9-20/h2,5-7,9,13H,1,3-4H2. The van der Waals surface area contributed by atoms with Crippen LogP contribution in [-0.4, -0.2) is 26.9 Å². The average molecular weight is 302 g/mol. The van der Waals surface area contributed by atoms with Gasteiger partial charge in [0.2, 0.25) is 0 Å². The number of hydrogen-bond acceptors (Lipinski definition) is 3. The topological polar surface area (TPSA) is 61.9 Å². The summed E-state index contributed by atoms with van der Waals surface area (Å²) in [6, 6.07) is 2.61. The average Bonchev–Trinajstić information content (AvgIpc) is 3.08. The van der Waals surface area contributed by atoms with Crippen molar-refractivity contribution in [2.24, 2.45) is 0 Å². The van der Waals surface area contributed by atoms with Crippen molar-refractivity contribution in [3.63, 3.8) is 0 Å². The Bertz CT molecular complexity index is 752. The predicted molar refractivity (Wildman–Crippen MR) is 72.6 cm³/mol. The van der Waals surface area contributed by atoms with E-state index >= 15 is 0 Å². The van der Waals surface area contributed by atoms with Crippen LogP contribution < -0.4 is 0 Å². The molecule has 7 heteroatoms. The second kappa shape index (κ2) is 5.56. The Hall–Kier alpha value is -2.75. The summed E-state index contributed by atoms with van der Waals surface area (Å²) in [6.07, 6.45) is 5.67. The summed E-state index contributed by atoms with van der Waals surface area (Å²) in [7, 11) is 0. The molecule has 1 amide bonds. The van der Waals surface area contributed by atoms with Gasteiger partial charge >= 0.3 is 0 Å². The van der Waals surface area contributed by atoms with Gasteiger partial charge in [0.1, 0.15) is 17.7 Å². The minimum atomic E-state index is -1.01. The smallest absolute Gasteiger partial charge is 0.255 e. The summed E-state index contributed by atoms with van der Waals surface area (Å²) in [6.45, 7) is 0.903. The number of nitriles is 1. The van der Waals surface area contributed by atoms with Crippen LogP contribution in [0.3, 0.4) is 0 Å². The van der Waals surface area contributed by atoms with Crippen LogP contribution in [0.15, 0.2) is 30.9 Å². The van der Waals surface area contributed by atoms with Gasteiger partial charge in [0, 0.05) is 37.1 Å². The molecule has 0 aliphatic carbocycles. The molecule has 3 rings (SSSR count). The minimum Gasteiger partial charge on any atom is -0.337 e. The number of carbonyl (C=O) groups excluding carboxylic acids is 1. The highest BCUT2D eigenvalue weighted by Crippen LogP contribution is 2.35. The summed E-state index contributed by atoms with van der Waals surface area (Å²) in [4.78, 5) is 17.5. The fourth-order valence-electron chi connectivity index (χ4n) is 2.67. The highest BCUT2D eigenvalue weighted by molar-refractivity contribution is 5.99. The third kappa shape index (κ3) is 2.33. The zero-order valence-corrected chi connectivity index (χ0v) is 11.5. The first-order valence-electron chi connectivity index (χ1n) is 6.77. The molecule has 1 aromatic carbocycles. The van der Waals surface area contributed by atoms with Gasteiger partial charge in [0.15, 0.2) is 0 Å². The van der Waals surface area contributed by atoms with E-state index in [0.29, 0.717) is 19.0 Å². The molecule has 0 radical (unpaired) electrons. The van der Waals surface area contributed by atoms with E-state index in [1.807, 2.05) is 10.6 Å². The lowest BCUT2D eigenvalue weighted by Crippen LogP contribution is -2.29. The molecule has 2 aromatic rings. The third-order valence-corrected chi connectivity index (χ3v) is 3.67. The number of benzene rings is 1. The maximum atomic E-state index is 13.9. The molecule has 1 aliphatic rings. The van der Waals surface area contributed by atoms with Crippen LogP contribution in [0.4, 0.5) is 8.78 Å². The van der Waals surface area contributed by atoms with Crippen LogP contribution in [0, 0.1) is 23.0 Å². The maximum absolute atomic E-state index is 13.9. The highest BCUT2D eigenvalue weighted by Gasteiger charge is 2.39. The fraction of sp³-hybridized carbons (Fsp3) is 0.267. The molecule has 1 unspecified atom stereocenters. The van der Waals surface area contributed by atoms with Crippen molar-refractivity contribution in [2.75, 3.05) is 6.54 Å². The Balaban J connectivity index is 1.80. The van der Waals surface area contributed by atoms with Crippen molar-refractivity contribution in [3.8, 4) is 6.07 Å². The molecule has 112 valence electrons. The normalized spacial score (nSPS) is 16.7. The number of halogens is 2. The molecular formula is C15H12F2N4O. The van der Waals surface area contributed by atoms with E-state index in [0.717, 1.165) is 6.07 Å². The molecule has 1 aliphatic heterocycles. The third-order valence-electron chi connectivity index (χ3n) is 3.67. The van der Waals surface area contributed by atoms with Gasteiger partial charge in [-0.05, 0) is 12.5 Å². The van der Waals surface area contributed by atoms with Crippen LogP contribution in [0.2, 0.25) is 0 Å². The molecule has 5 nitrogen and oxygen atoms in total. The molecule has 0 spiro atoms. The molecule has 0 saturated carbocycles. The molecule has 0 bridgehead atoms. The van der Waals surface area contributed by atoms with E-state index in [1.165, 1.54) is 4.90 Å². The maximum Gasteiger partial charge on any atom is 0.255 e. The lowest BCUT2D eigenvalue weighted by Gasteiger charge is -2.20. The van der Waals surface area contributed by atoms with E-state index in [2.05, 4.69) is 4.98 Å². The number of nitrogens with zero attached hydrogens (tertiary/aromatic N) is 4. The fourth-order valence-corrected chi connectivity index (χ4v) is 2.67. The van der Waals surface area contributed by atoms with Gasteiger partial charge in [-0.2, -0.15) is 5.26 Å². The first-order chi connectivity index (χ1) is 10.6. The lowest BCUT2D eigenvalue weighted by molar-refractivity contribution is 0.0753. The summed E-state index contributed by atoms with van der Waals surface area (Å²) >= 11 is 0. The largest absolute Gasteiger partial charge is 0.337 e. The monoisotopic (exact) mass is 302 g/mol. The van der Waals surface area contributed by atoms with Crippen LogP contribution in [0.1, 0.15) is 28.4 Å². The van der Waals surface area contributed by atoms with E-state index in [-0.39, 0.29) is 17.7 Å². The van der Waals surface area contributed by atoms with E-state index < -0.39 is 23.6 Å². The molecule has 1 atom stereocenters. The number of imidazole rings is 1. The van der Waals surface area contributed by atoms with Crippen LogP contribution in [0.5, 0.6) is 0 Å². The molecule has 2 heterocycles. The van der Waals surface area contributed by atoms with Gasteiger partial charge in [0.05, 0.1) is 18.0 Å². The zero-order chi connectivity index (χ0) is 15.7. The minimum absolute atomic E-state index is 0.0310. The Morgan fingerprint density at radius 3 is 2.82 bits per heavy atom. The predicted octanol–water partition coefficient (Wildman–Crippen LogP) is 2.27. The van der Waals surface area contributed by atoms with Crippen molar-refractivity contribution < 1.29 is 13.6 Å². The Morgan fingerprint density at radius 2 is 2.14 bits per heavy atom. The summed E-state index contributed by atoms with van der Waals surface area (Å²) in [5.74, 6) is -2.18. The number of aromatic nitrogens is 2. The van der Waals surface area contributed by atoms with Crippen LogP contribution in [-0.2, 0) is 6.54 Å². The van der Waals surface area contributed by atoms with E-state index in [1.54, 1.807) is 18.7 Å². The second-order valence-electron chi connectivity index (χ2n) is 5.03. The van der Waals surface area contributed by atoms with Gasteiger partial charge in [0.25, 0.3) is 5.91 Å². The molecule has 0 N–H and O–H groups in total. The number of fused-ring (bicyclic) bond motifs is 1. The number of hydrogen-bond donors (Lipinski definition) is 0. The van der Waals surface area contributed by atoms with Gasteiger partial charge in [-0.15, -0.1) is 0 Å². The van der Waals surface area contributed by atoms with Crippen molar-refractivity contribution >= 4 is 5.91 Å². The zero-order valence-electron chi connectivity index (χ0n) is 11.5. The van der Waals surface area contributed by atoms with Gasteiger partial charge in [-0.25, -0.2) is 13.8 Å². The van der Waals surface area contributed by atoms with Gasteiger partial charge < -0.3 is 9.47 Å². The molecule has 0 saturated heterocycles. The summed E-state index contributed by atoms with van der Waals surface area (Å²) < 4.78 is 29.0. The SMILES string of the molecule is N#CC1c2c(F)cc(F)cc2C(=O)N1CCCn1ccnc1. The first kappa shape index (κ1) is 14.2. The number of rotatable bonds is 4. The lowest BCUT2D eigenvalue weighted by atomic mass is 10.0. The van der Waals surface area contributed by atoms with E-state index in [9.17, 15) is 18.8 Å². The van der Waals surface area contributed by atoms with Crippen LogP contribution >= 0.6 is 0 Å². The molecule has 1 aromatic heterocycles. The van der Waals surface area contributed by atoms with Crippen molar-refractivity contribution in [1.29, 1.82) is 5.26 Å². The van der Waals surface area contributed by atoms with E-state index in [4.69, 9.17) is 0 Å².